The maximum Gasteiger partial charge on any atom is 0.410 e. The predicted octanol–water partition coefficient (Wildman–Crippen LogP) is 4.25. The number of amides is 7. The number of nitrogens with zero attached hydrogens (tertiary/aromatic N) is 3. The van der Waals surface area contributed by atoms with Crippen LogP contribution in [-0.2, 0) is 59.7 Å². The molecule has 0 saturated carbocycles. The Balaban J connectivity index is 1.77. The van der Waals surface area contributed by atoms with Gasteiger partial charge >= 0.3 is 6.09 Å². The molecule has 11 unspecified atom stereocenters. The molecular weight excluding hydrogens is 1030 g/mol. The maximum atomic E-state index is 14.7. The van der Waals surface area contributed by atoms with Gasteiger partial charge in [-0.25, -0.2) is 4.79 Å². The normalized spacial score (nSPS) is 18.1. The number of ether oxygens (including phenoxy) is 3. The van der Waals surface area contributed by atoms with Crippen molar-refractivity contribution >= 4 is 57.3 Å². The number of carbonyl (C=O) groups is 7. The molecule has 8 N–H and O–H groups in total. The van der Waals surface area contributed by atoms with Crippen LogP contribution in [0.25, 0.3) is 0 Å². The van der Waals surface area contributed by atoms with Gasteiger partial charge in [0.15, 0.2) is 0 Å². The number of methoxy groups -OCH3 is 2. The first-order valence-electron chi connectivity index (χ1n) is 26.8. The Labute approximate surface area is 461 Å². The van der Waals surface area contributed by atoms with Crippen molar-refractivity contribution in [1.82, 2.24) is 30.7 Å². The van der Waals surface area contributed by atoms with Gasteiger partial charge in [-0.05, 0) is 68.1 Å². The van der Waals surface area contributed by atoms with Crippen LogP contribution in [0.1, 0.15) is 119 Å². The minimum Gasteiger partial charge on any atom is -0.444 e. The van der Waals surface area contributed by atoms with Crippen molar-refractivity contribution in [2.24, 2.45) is 35.3 Å². The Morgan fingerprint density at radius 2 is 1.42 bits per heavy atom. The number of carbonyl (C=O) groups excluding carboxylic acids is 7. The zero-order valence-corrected chi connectivity index (χ0v) is 49.0. The number of likely N-dealkylation sites (N-methyl/N-ethyl adjacent to an activating group) is 2. The summed E-state index contributed by atoms with van der Waals surface area (Å²) in [5.41, 5.74) is 6.32. The van der Waals surface area contributed by atoms with Crippen molar-refractivity contribution < 1.29 is 65.8 Å². The molecule has 0 bridgehead atoms. The van der Waals surface area contributed by atoms with Gasteiger partial charge in [0, 0.05) is 46.1 Å². The predicted molar refractivity (Wildman–Crippen MR) is 294 cm³/mol. The summed E-state index contributed by atoms with van der Waals surface area (Å²) in [6, 6.07) is 6.55. The van der Waals surface area contributed by atoms with Crippen LogP contribution in [0.5, 0.6) is 0 Å². The van der Waals surface area contributed by atoms with E-state index in [4.69, 9.17) is 19.9 Å². The average Bonchev–Trinajstić information content (AvgIpc) is 3.89. The summed E-state index contributed by atoms with van der Waals surface area (Å²) in [5.74, 6) is -5.10. The molecule has 3 rings (SSSR count). The van der Waals surface area contributed by atoms with Crippen molar-refractivity contribution in [2.75, 3.05) is 40.2 Å². The van der Waals surface area contributed by atoms with E-state index in [0.717, 1.165) is 11.0 Å². The molecule has 22 nitrogen and oxygen atoms in total. The Morgan fingerprint density at radius 3 is 1.96 bits per heavy atom. The number of likely N-dealkylation sites (tertiary alicyclic amines) is 1. The van der Waals surface area contributed by atoms with E-state index in [9.17, 15) is 51.6 Å². The topological polar surface area (TPSA) is 306 Å². The van der Waals surface area contributed by atoms with Gasteiger partial charge in [0.25, 0.3) is 10.1 Å². The minimum atomic E-state index is -4.95. The van der Waals surface area contributed by atoms with Crippen molar-refractivity contribution in [1.29, 1.82) is 0 Å². The molecular formula is C55H88N8O14S. The second-order valence-electron chi connectivity index (χ2n) is 21.6. The SMILES string of the molecule is CCC(C)C(C(CC(=O)N1CCC[C@H]1C(OC)C(C)C(=O)NC(C)C(O)c1ccccc1)OC)N(C)C(=O)C(NC(=O)C(C(C)C)N(C)C(=O)OCc1ccc(NC(=O)C(C)NC(=O)C(N)C(C)C)cc1S(=O)(=O)O)C(C)C. The van der Waals surface area contributed by atoms with Crippen molar-refractivity contribution in [3.05, 3.63) is 59.7 Å². The number of hydrogen-bond donors (Lipinski definition) is 7. The number of anilines is 1. The van der Waals surface area contributed by atoms with Crippen LogP contribution in [0.2, 0.25) is 0 Å². The third-order valence-electron chi connectivity index (χ3n) is 14.8. The van der Waals surface area contributed by atoms with E-state index < -0.39 is 130 Å². The highest BCUT2D eigenvalue weighted by molar-refractivity contribution is 7.85. The molecule has 7 amide bonds. The van der Waals surface area contributed by atoms with E-state index in [-0.39, 0.29) is 41.3 Å². The fourth-order valence-corrected chi connectivity index (χ4v) is 10.6. The molecule has 1 aliphatic heterocycles. The number of aliphatic hydroxyl groups excluding tert-OH is 1. The molecule has 2 aromatic carbocycles. The number of aliphatic hydroxyl groups is 1. The number of nitrogens with one attached hydrogen (secondary N) is 4. The molecule has 1 fully saturated rings. The highest BCUT2D eigenvalue weighted by atomic mass is 32.2. The zero-order chi connectivity index (χ0) is 59.1. The summed E-state index contributed by atoms with van der Waals surface area (Å²) in [6.07, 6.45) is -1.72. The first kappa shape index (κ1) is 66.6. The fraction of sp³-hybridized carbons (Fsp3) is 0.655. The van der Waals surface area contributed by atoms with Gasteiger partial charge in [-0.15, -0.1) is 0 Å². The van der Waals surface area contributed by atoms with E-state index in [2.05, 4.69) is 21.3 Å². The monoisotopic (exact) mass is 1120 g/mol. The van der Waals surface area contributed by atoms with E-state index in [0.29, 0.717) is 31.4 Å². The van der Waals surface area contributed by atoms with Gasteiger partial charge in [-0.2, -0.15) is 8.42 Å². The van der Waals surface area contributed by atoms with Gasteiger partial charge in [-0.3, -0.25) is 38.2 Å². The smallest absolute Gasteiger partial charge is 0.410 e. The van der Waals surface area contributed by atoms with Crippen molar-refractivity contribution in [2.45, 2.75) is 174 Å². The first-order valence-corrected chi connectivity index (χ1v) is 28.2. The summed E-state index contributed by atoms with van der Waals surface area (Å²) in [4.78, 5) is 99.5. The molecule has 1 aliphatic rings. The first-order chi connectivity index (χ1) is 36.4. The average molecular weight is 1120 g/mol. The molecule has 0 radical (unpaired) electrons. The van der Waals surface area contributed by atoms with Gasteiger partial charge < -0.3 is 56.1 Å². The van der Waals surface area contributed by atoms with Gasteiger partial charge in [0.1, 0.15) is 29.6 Å². The number of benzene rings is 2. The van der Waals surface area contributed by atoms with Crippen LogP contribution in [0, 0.1) is 29.6 Å². The van der Waals surface area contributed by atoms with Crippen LogP contribution < -0.4 is 27.0 Å². The van der Waals surface area contributed by atoms with Crippen LogP contribution in [-0.4, -0.2) is 164 Å². The molecule has 1 heterocycles. The Bertz CT molecular complexity index is 2460. The highest BCUT2D eigenvalue weighted by Gasteiger charge is 2.44. The lowest BCUT2D eigenvalue weighted by Crippen LogP contribution is -2.60. The molecule has 0 aromatic heterocycles. The maximum absolute atomic E-state index is 14.7. The molecule has 0 aliphatic carbocycles. The lowest BCUT2D eigenvalue weighted by molar-refractivity contribution is -0.148. The van der Waals surface area contributed by atoms with Crippen molar-refractivity contribution in [3.8, 4) is 0 Å². The highest BCUT2D eigenvalue weighted by Crippen LogP contribution is 2.31. The largest absolute Gasteiger partial charge is 0.444 e. The van der Waals surface area contributed by atoms with Crippen molar-refractivity contribution in [3.63, 3.8) is 0 Å². The Hall–Kier alpha value is -5.72. The molecule has 12 atom stereocenters. The summed E-state index contributed by atoms with van der Waals surface area (Å²) in [7, 11) is 0.945. The van der Waals surface area contributed by atoms with Gasteiger partial charge in [0.2, 0.25) is 35.4 Å². The Morgan fingerprint density at radius 1 is 0.795 bits per heavy atom. The van der Waals surface area contributed by atoms with Crippen LogP contribution in [0.15, 0.2) is 53.4 Å². The van der Waals surface area contributed by atoms with Crippen LogP contribution in [0.3, 0.4) is 0 Å². The summed E-state index contributed by atoms with van der Waals surface area (Å²) >= 11 is 0. The summed E-state index contributed by atoms with van der Waals surface area (Å²) < 4.78 is 52.7. The lowest BCUT2D eigenvalue weighted by atomic mass is 9.89. The third kappa shape index (κ3) is 17.6. The van der Waals surface area contributed by atoms with Crippen LogP contribution >= 0.6 is 0 Å². The molecule has 1 saturated heterocycles. The summed E-state index contributed by atoms with van der Waals surface area (Å²) in [6.45, 7) is 18.9. The molecule has 78 heavy (non-hydrogen) atoms. The van der Waals surface area contributed by atoms with E-state index in [1.165, 1.54) is 45.2 Å². The number of nitrogens with two attached hydrogens (primary N) is 1. The second-order valence-corrected chi connectivity index (χ2v) is 23.0. The quantitative estimate of drug-likeness (QED) is 0.0586. The zero-order valence-electron chi connectivity index (χ0n) is 48.1. The number of rotatable bonds is 28. The third-order valence-corrected chi connectivity index (χ3v) is 15.8. The number of hydrogen-bond acceptors (Lipinski definition) is 14. The Kier molecular flexibility index (Phi) is 25.6. The van der Waals surface area contributed by atoms with Gasteiger partial charge in [0.05, 0.1) is 54.8 Å². The van der Waals surface area contributed by atoms with E-state index in [1.807, 2.05) is 32.0 Å². The lowest BCUT2D eigenvalue weighted by Gasteiger charge is -2.41. The molecule has 438 valence electrons. The summed E-state index contributed by atoms with van der Waals surface area (Å²) in [5, 5.41) is 21.7. The fourth-order valence-electron chi connectivity index (χ4n) is 9.85. The second kappa shape index (κ2) is 30.0. The minimum absolute atomic E-state index is 0.0544. The van der Waals surface area contributed by atoms with Crippen LogP contribution in [0.4, 0.5) is 10.5 Å². The van der Waals surface area contributed by atoms with E-state index >= 15 is 0 Å². The standard InChI is InChI=1S/C55H88N8O14S/c1-16-33(8)47(41(75-14)28-43(64)63-26-20-23-40(63)49(76-15)34(9)50(66)57-35(10)48(65)37-21-18-17-19-22-37)61(12)54(70)45(31(4)5)60-53(69)46(32(6)7)62(13)55(71)77-29-38-24-25-39(27-42(38)78(72,73)74)59-51(67)36(11)58-52(68)44(56)30(2)3/h17-19,21-22,24-25,27,30-36,40-41,44-49,65H,16,20,23,26,28-29,56H2,1-15H3,(H,57,66)(H,58,68)(H,59,67)(H,60,69)(H,72,73,74)/t33?,34?,35?,36?,40-,41?,44?,45?,46?,47?,48?,49?/m0/s1. The van der Waals surface area contributed by atoms with Gasteiger partial charge in [-0.1, -0.05) is 105 Å². The van der Waals surface area contributed by atoms with E-state index in [1.54, 1.807) is 79.5 Å². The molecule has 2 aromatic rings. The molecule has 23 heteroatoms. The molecule has 0 spiro atoms.